The van der Waals surface area contributed by atoms with Crippen LogP contribution in [0.2, 0.25) is 0 Å². The van der Waals surface area contributed by atoms with Gasteiger partial charge in [-0.15, -0.1) is 11.3 Å². The van der Waals surface area contributed by atoms with E-state index in [2.05, 4.69) is 30.2 Å². The largest absolute Gasteiger partial charge is 0.375 e. The Morgan fingerprint density at radius 3 is 2.84 bits per heavy atom. The normalized spacial score (nSPS) is 18.2. The monoisotopic (exact) mass is 315 g/mol. The number of halogens is 2. The molecule has 104 valence electrons. The highest BCUT2D eigenvalue weighted by Gasteiger charge is 2.25. The van der Waals surface area contributed by atoms with E-state index in [1.807, 2.05) is 18.4 Å². The minimum absolute atomic E-state index is 0.876. The van der Waals surface area contributed by atoms with Gasteiger partial charge in [-0.3, -0.25) is 0 Å². The van der Waals surface area contributed by atoms with Gasteiger partial charge in [-0.2, -0.15) is 0 Å². The maximum absolute atomic E-state index is 6.36. The zero-order valence-electron chi connectivity index (χ0n) is 11.3. The van der Waals surface area contributed by atoms with Crippen molar-refractivity contribution in [2.45, 2.75) is 30.5 Å². The first kappa shape index (κ1) is 15.0. The summed E-state index contributed by atoms with van der Waals surface area (Å²) in [5.41, 5.74) is 2.19. The average molecular weight is 316 g/mol. The van der Waals surface area contributed by atoms with Gasteiger partial charge in [0.2, 0.25) is 0 Å². The van der Waals surface area contributed by atoms with Crippen molar-refractivity contribution in [1.29, 1.82) is 0 Å². The summed E-state index contributed by atoms with van der Waals surface area (Å²) in [6.45, 7) is 2.92. The lowest BCUT2D eigenvalue weighted by molar-refractivity contribution is 0.427. The highest BCUT2D eigenvalue weighted by Crippen LogP contribution is 2.39. The summed E-state index contributed by atoms with van der Waals surface area (Å²) in [4.78, 5) is 3.41. The van der Waals surface area contributed by atoms with E-state index in [1.54, 1.807) is 11.3 Å². The Balaban J connectivity index is 2.38. The van der Waals surface area contributed by atoms with Gasteiger partial charge in [-0.05, 0) is 43.7 Å². The molecule has 0 bridgehead atoms. The van der Waals surface area contributed by atoms with Crippen molar-refractivity contribution in [2.75, 3.05) is 13.6 Å². The van der Waals surface area contributed by atoms with Crippen molar-refractivity contribution in [3.63, 3.8) is 0 Å². The van der Waals surface area contributed by atoms with Gasteiger partial charge < -0.3 is 4.90 Å². The van der Waals surface area contributed by atoms with Gasteiger partial charge in [0.15, 0.2) is 0 Å². The van der Waals surface area contributed by atoms with E-state index in [0.717, 1.165) is 23.4 Å². The third kappa shape index (κ3) is 4.01. The molecule has 0 saturated carbocycles. The maximum Gasteiger partial charge on any atom is 0.141 e. The minimum Gasteiger partial charge on any atom is -0.375 e. The second-order valence-corrected chi connectivity index (χ2v) is 7.62. The lowest BCUT2D eigenvalue weighted by Gasteiger charge is -2.22. The Morgan fingerprint density at radius 2 is 2.21 bits per heavy atom. The van der Waals surface area contributed by atoms with Gasteiger partial charge in [-0.1, -0.05) is 35.3 Å². The Bertz CT molecular complexity index is 469. The van der Waals surface area contributed by atoms with Crippen LogP contribution >= 0.6 is 34.5 Å². The summed E-state index contributed by atoms with van der Waals surface area (Å²) in [5.74, 6) is 0. The van der Waals surface area contributed by atoms with Crippen molar-refractivity contribution < 1.29 is 0 Å². The smallest absolute Gasteiger partial charge is 0.141 e. The fourth-order valence-corrected chi connectivity index (χ4v) is 3.47. The Kier molecular flexibility index (Phi) is 4.99. The lowest BCUT2D eigenvalue weighted by Crippen LogP contribution is -2.18. The maximum atomic E-state index is 6.36. The Hall–Kier alpha value is -0.440. The zero-order chi connectivity index (χ0) is 13.9. The summed E-state index contributed by atoms with van der Waals surface area (Å²) < 4.78 is -0.876. The van der Waals surface area contributed by atoms with Crippen LogP contribution in [0.3, 0.4) is 0 Å². The Labute approximate surface area is 129 Å². The van der Waals surface area contributed by atoms with E-state index < -0.39 is 4.33 Å². The third-order valence-corrected chi connectivity index (χ3v) is 4.60. The predicted octanol–water partition coefficient (Wildman–Crippen LogP) is 5.32. The quantitative estimate of drug-likeness (QED) is 0.682. The molecule has 1 aliphatic heterocycles. The molecule has 0 unspecified atom stereocenters. The first-order chi connectivity index (χ1) is 8.98. The summed E-state index contributed by atoms with van der Waals surface area (Å²) in [7, 11) is 2.12. The molecule has 0 spiro atoms. The summed E-state index contributed by atoms with van der Waals surface area (Å²) in [6.07, 6.45) is 8.01. The topological polar surface area (TPSA) is 3.24 Å². The summed E-state index contributed by atoms with van der Waals surface area (Å²) in [5, 5.41) is 2.05. The molecule has 0 fully saturated rings. The molecule has 1 nitrogen and oxygen atoms in total. The number of hydrogen-bond donors (Lipinski definition) is 0. The van der Waals surface area contributed by atoms with Gasteiger partial charge in [0.05, 0.1) is 0 Å². The van der Waals surface area contributed by atoms with Gasteiger partial charge in [0, 0.05) is 29.7 Å². The number of thiophene rings is 1. The summed E-state index contributed by atoms with van der Waals surface area (Å²) >= 11 is 14.4. The molecule has 1 aromatic heterocycles. The second-order valence-electron chi connectivity index (χ2n) is 4.97. The van der Waals surface area contributed by atoms with Crippen LogP contribution in [-0.4, -0.2) is 22.8 Å². The molecule has 0 aliphatic carbocycles. The number of allylic oxidation sites excluding steroid dienone is 3. The van der Waals surface area contributed by atoms with Crippen LogP contribution in [0.15, 0.2) is 35.4 Å². The molecule has 0 atom stereocenters. The molecular formula is C15H19Cl2NS. The number of alkyl halides is 2. The molecule has 2 heterocycles. The van der Waals surface area contributed by atoms with Gasteiger partial charge >= 0.3 is 0 Å². The fraction of sp³-hybridized carbons (Fsp3) is 0.467. The fourth-order valence-electron chi connectivity index (χ4n) is 2.19. The first-order valence-electron chi connectivity index (χ1n) is 6.53. The summed E-state index contributed by atoms with van der Waals surface area (Å²) in [6, 6.07) is 4.09. The van der Waals surface area contributed by atoms with E-state index in [0.29, 0.717) is 0 Å². The molecule has 1 aromatic rings. The molecule has 1 aliphatic rings. The first-order valence-corrected chi connectivity index (χ1v) is 8.17. The van der Waals surface area contributed by atoms with E-state index in [9.17, 15) is 0 Å². The van der Waals surface area contributed by atoms with E-state index >= 15 is 0 Å². The molecule has 0 radical (unpaired) electrons. The van der Waals surface area contributed by atoms with E-state index in [-0.39, 0.29) is 0 Å². The van der Waals surface area contributed by atoms with Gasteiger partial charge in [-0.25, -0.2) is 0 Å². The molecule has 0 saturated heterocycles. The number of nitrogens with zero attached hydrogens (tertiary/aromatic N) is 1. The number of hydrogen-bond acceptors (Lipinski definition) is 2. The van der Waals surface area contributed by atoms with Crippen molar-refractivity contribution in [3.8, 4) is 0 Å². The van der Waals surface area contributed by atoms with Crippen LogP contribution in [-0.2, 0) is 0 Å². The Morgan fingerprint density at radius 1 is 1.42 bits per heavy atom. The van der Waals surface area contributed by atoms with Crippen LogP contribution < -0.4 is 0 Å². The van der Waals surface area contributed by atoms with Crippen LogP contribution in [0, 0.1) is 0 Å². The number of rotatable bonds is 3. The minimum atomic E-state index is -0.876. The van der Waals surface area contributed by atoms with Crippen LogP contribution in [0.5, 0.6) is 0 Å². The number of likely N-dealkylation sites (N-methyl/N-ethyl adjacent to an activating group) is 1. The van der Waals surface area contributed by atoms with Crippen LogP contribution in [0.4, 0.5) is 0 Å². The molecule has 19 heavy (non-hydrogen) atoms. The van der Waals surface area contributed by atoms with Gasteiger partial charge in [0.25, 0.3) is 0 Å². The molecule has 4 heteroatoms. The van der Waals surface area contributed by atoms with Crippen molar-refractivity contribution in [1.82, 2.24) is 4.90 Å². The third-order valence-electron chi connectivity index (χ3n) is 3.29. The van der Waals surface area contributed by atoms with Crippen molar-refractivity contribution in [2.24, 2.45) is 0 Å². The van der Waals surface area contributed by atoms with Crippen LogP contribution in [0.25, 0.3) is 5.57 Å². The van der Waals surface area contributed by atoms with E-state index in [4.69, 9.17) is 23.2 Å². The molecule has 0 amide bonds. The lowest BCUT2D eigenvalue weighted by atomic mass is 10.1. The molecule has 0 aromatic carbocycles. The highest BCUT2D eigenvalue weighted by atomic mass is 35.5. The second kappa shape index (κ2) is 6.34. The van der Waals surface area contributed by atoms with Crippen molar-refractivity contribution >= 4 is 40.1 Å². The average Bonchev–Trinajstić information content (AvgIpc) is 2.76. The highest BCUT2D eigenvalue weighted by molar-refractivity contribution is 7.11. The zero-order valence-corrected chi connectivity index (χ0v) is 13.7. The standard InChI is InChI=1S/C15H19Cl2NS/c1-15(16,17)13(14-8-6-10-19-14)11-12-7-4-3-5-9-18(12)2/h6-8,10-11H,3-5,9H2,1-2H3/b13-11-. The molecular weight excluding hydrogens is 297 g/mol. The predicted molar refractivity (Wildman–Crippen MR) is 87.0 cm³/mol. The SMILES string of the molecule is CN1CCCCC=C1/C=C(/c1cccs1)C(C)(Cl)Cl. The van der Waals surface area contributed by atoms with Crippen molar-refractivity contribution in [3.05, 3.63) is 40.2 Å². The van der Waals surface area contributed by atoms with E-state index in [1.165, 1.54) is 18.5 Å². The molecule has 2 rings (SSSR count). The molecule has 0 N–H and O–H groups in total. The van der Waals surface area contributed by atoms with Gasteiger partial charge in [0.1, 0.15) is 4.33 Å². The van der Waals surface area contributed by atoms with Crippen LogP contribution in [0.1, 0.15) is 31.1 Å².